The molecule has 3 rings (SSSR count). The summed E-state index contributed by atoms with van der Waals surface area (Å²) in [5.74, 6) is -0.485. The Kier molecular flexibility index (Phi) is 5.99. The maximum Gasteiger partial charge on any atom is 0.255 e. The average Bonchev–Trinajstić information content (AvgIpc) is 3.08. The van der Waals surface area contributed by atoms with Crippen molar-refractivity contribution in [1.29, 1.82) is 0 Å². The number of carbonyl (C=O) groups excluding carboxylic acids is 1. The Bertz CT molecular complexity index is 1190. The first kappa shape index (κ1) is 21.6. The van der Waals surface area contributed by atoms with Gasteiger partial charge in [0.2, 0.25) is 10.0 Å². The van der Waals surface area contributed by atoms with Gasteiger partial charge in [-0.05, 0) is 30.3 Å². The summed E-state index contributed by atoms with van der Waals surface area (Å²) in [7, 11) is -0.900. The van der Waals surface area contributed by atoms with Crippen molar-refractivity contribution in [2.45, 2.75) is 0 Å². The number of furan rings is 1. The van der Waals surface area contributed by atoms with Crippen LogP contribution in [-0.4, -0.2) is 53.0 Å². The minimum atomic E-state index is -3.73. The van der Waals surface area contributed by atoms with Gasteiger partial charge in [0, 0.05) is 24.1 Å². The Morgan fingerprint density at radius 2 is 1.93 bits per heavy atom. The summed E-state index contributed by atoms with van der Waals surface area (Å²) < 4.78 is 50.1. The van der Waals surface area contributed by atoms with Gasteiger partial charge in [0.05, 0.1) is 37.8 Å². The molecule has 8 nitrogen and oxygen atoms in total. The molecule has 1 amide bonds. The van der Waals surface area contributed by atoms with Crippen LogP contribution in [0.25, 0.3) is 22.3 Å². The van der Waals surface area contributed by atoms with Gasteiger partial charge in [0.15, 0.2) is 0 Å². The maximum absolute atomic E-state index is 13.3. The number of hydrogen-bond donors (Lipinski definition) is 2. The first-order valence-electron chi connectivity index (χ1n) is 8.92. The highest BCUT2D eigenvalue weighted by Gasteiger charge is 2.27. The predicted molar refractivity (Wildman–Crippen MR) is 111 cm³/mol. The lowest BCUT2D eigenvalue weighted by Crippen LogP contribution is -2.32. The van der Waals surface area contributed by atoms with Crippen molar-refractivity contribution in [3.8, 4) is 17.1 Å². The fourth-order valence-electron chi connectivity index (χ4n) is 3.18. The first-order valence-corrected chi connectivity index (χ1v) is 10.8. The highest BCUT2D eigenvalue weighted by Crippen LogP contribution is 2.40. The van der Waals surface area contributed by atoms with Crippen LogP contribution in [0.2, 0.25) is 0 Å². The van der Waals surface area contributed by atoms with Crippen LogP contribution in [0.3, 0.4) is 0 Å². The Morgan fingerprint density at radius 3 is 2.47 bits per heavy atom. The second-order valence-electron chi connectivity index (χ2n) is 6.47. The van der Waals surface area contributed by atoms with Gasteiger partial charge < -0.3 is 19.6 Å². The molecule has 10 heteroatoms. The number of fused-ring (bicyclic) bond motifs is 1. The van der Waals surface area contributed by atoms with Crippen molar-refractivity contribution in [3.05, 3.63) is 47.8 Å². The highest BCUT2D eigenvalue weighted by molar-refractivity contribution is 7.92. The van der Waals surface area contributed by atoms with E-state index in [0.717, 1.165) is 10.6 Å². The van der Waals surface area contributed by atoms with E-state index in [1.54, 1.807) is 0 Å². The summed E-state index contributed by atoms with van der Waals surface area (Å²) in [4.78, 5) is 12.6. The number of halogens is 1. The third kappa shape index (κ3) is 3.96. The average molecular weight is 436 g/mol. The van der Waals surface area contributed by atoms with Gasteiger partial charge >= 0.3 is 0 Å². The third-order valence-electron chi connectivity index (χ3n) is 4.52. The van der Waals surface area contributed by atoms with Crippen LogP contribution >= 0.6 is 0 Å². The van der Waals surface area contributed by atoms with Crippen molar-refractivity contribution >= 4 is 32.6 Å². The molecule has 160 valence electrons. The van der Waals surface area contributed by atoms with E-state index in [0.29, 0.717) is 10.9 Å². The fraction of sp³-hybridized carbons (Fsp3) is 0.250. The molecule has 1 heterocycles. The molecule has 0 aliphatic heterocycles. The summed E-state index contributed by atoms with van der Waals surface area (Å²) >= 11 is 0. The van der Waals surface area contributed by atoms with Gasteiger partial charge in [-0.3, -0.25) is 9.10 Å². The molecule has 0 atom stereocenters. The molecule has 0 aliphatic carbocycles. The molecular weight excluding hydrogens is 415 g/mol. The number of carbonyl (C=O) groups is 1. The standard InChI is InChI=1S/C20H21FN2O6S/c1-22-20(25)18-14-10-17(28-2)15(23(8-9-24)30(3,26)27)11-16(14)29-19(18)12-4-6-13(21)7-5-12/h4-7,10-11,24H,8-9H2,1-3H3,(H,22,25). The Hall–Kier alpha value is -3.11. The second kappa shape index (κ2) is 8.33. The highest BCUT2D eigenvalue weighted by atomic mass is 32.2. The van der Waals surface area contributed by atoms with Gasteiger partial charge in [-0.1, -0.05) is 0 Å². The minimum absolute atomic E-state index is 0.157. The van der Waals surface area contributed by atoms with Crippen LogP contribution in [0.1, 0.15) is 10.4 Å². The topological polar surface area (TPSA) is 109 Å². The largest absolute Gasteiger partial charge is 0.495 e. The number of sulfonamides is 1. The minimum Gasteiger partial charge on any atom is -0.495 e. The van der Waals surface area contributed by atoms with Crippen molar-refractivity contribution in [2.24, 2.45) is 0 Å². The zero-order valence-corrected chi connectivity index (χ0v) is 17.4. The van der Waals surface area contributed by atoms with Gasteiger partial charge in [-0.25, -0.2) is 12.8 Å². The fourth-order valence-corrected chi connectivity index (χ4v) is 4.09. The van der Waals surface area contributed by atoms with E-state index >= 15 is 0 Å². The molecule has 2 aromatic carbocycles. The molecule has 0 spiro atoms. The van der Waals surface area contributed by atoms with Crippen LogP contribution < -0.4 is 14.4 Å². The number of nitrogens with one attached hydrogen (secondary N) is 1. The number of benzene rings is 2. The summed E-state index contributed by atoms with van der Waals surface area (Å²) in [5.41, 5.74) is 1.07. The zero-order valence-electron chi connectivity index (χ0n) is 16.6. The Morgan fingerprint density at radius 1 is 1.27 bits per heavy atom. The molecule has 3 aromatic rings. The van der Waals surface area contributed by atoms with E-state index in [1.165, 1.54) is 50.6 Å². The van der Waals surface area contributed by atoms with E-state index in [9.17, 15) is 22.7 Å². The van der Waals surface area contributed by atoms with Gasteiger partial charge in [-0.15, -0.1) is 0 Å². The number of anilines is 1. The molecule has 0 bridgehead atoms. The van der Waals surface area contributed by atoms with Crippen molar-refractivity contribution in [2.75, 3.05) is 37.9 Å². The normalized spacial score (nSPS) is 11.5. The van der Waals surface area contributed by atoms with E-state index in [2.05, 4.69) is 5.32 Å². The first-order chi connectivity index (χ1) is 14.2. The number of methoxy groups -OCH3 is 1. The zero-order chi connectivity index (χ0) is 22.1. The Labute approximate surface area is 172 Å². The molecular formula is C20H21FN2O6S. The molecule has 0 saturated heterocycles. The molecule has 0 aliphatic rings. The van der Waals surface area contributed by atoms with Crippen molar-refractivity contribution in [3.63, 3.8) is 0 Å². The quantitative estimate of drug-likeness (QED) is 0.589. The van der Waals surface area contributed by atoms with E-state index < -0.39 is 28.4 Å². The van der Waals surface area contributed by atoms with Gasteiger partial charge in [0.25, 0.3) is 5.91 Å². The lowest BCUT2D eigenvalue weighted by Gasteiger charge is -2.23. The van der Waals surface area contributed by atoms with Crippen LogP contribution in [0.4, 0.5) is 10.1 Å². The summed E-state index contributed by atoms with van der Waals surface area (Å²) in [5, 5.41) is 12.3. The van der Waals surface area contributed by atoms with E-state index in [-0.39, 0.29) is 34.9 Å². The van der Waals surface area contributed by atoms with E-state index in [1.807, 2.05) is 0 Å². The van der Waals surface area contributed by atoms with Gasteiger partial charge in [0.1, 0.15) is 22.9 Å². The number of aliphatic hydroxyl groups is 1. The summed E-state index contributed by atoms with van der Waals surface area (Å²) in [6, 6.07) is 8.38. The maximum atomic E-state index is 13.3. The summed E-state index contributed by atoms with van der Waals surface area (Å²) in [6.07, 6.45) is 1.01. The molecule has 1 aromatic heterocycles. The molecule has 0 fully saturated rings. The molecule has 2 N–H and O–H groups in total. The van der Waals surface area contributed by atoms with Crippen molar-refractivity contribution in [1.82, 2.24) is 5.32 Å². The number of amides is 1. The second-order valence-corrected chi connectivity index (χ2v) is 8.38. The van der Waals surface area contributed by atoms with Gasteiger partial charge in [-0.2, -0.15) is 0 Å². The monoisotopic (exact) mass is 436 g/mol. The Balaban J connectivity index is 2.33. The lowest BCUT2D eigenvalue weighted by atomic mass is 10.0. The predicted octanol–water partition coefficient (Wildman–Crippen LogP) is 2.37. The number of rotatable bonds is 7. The van der Waals surface area contributed by atoms with Crippen LogP contribution in [0, 0.1) is 5.82 Å². The number of nitrogens with zero attached hydrogens (tertiary/aromatic N) is 1. The molecule has 0 unspecified atom stereocenters. The van der Waals surface area contributed by atoms with Crippen LogP contribution in [0.15, 0.2) is 40.8 Å². The van der Waals surface area contributed by atoms with Crippen LogP contribution in [-0.2, 0) is 10.0 Å². The third-order valence-corrected chi connectivity index (χ3v) is 5.70. The molecule has 0 radical (unpaired) electrons. The smallest absolute Gasteiger partial charge is 0.255 e. The number of aliphatic hydroxyl groups excluding tert-OH is 1. The molecule has 30 heavy (non-hydrogen) atoms. The van der Waals surface area contributed by atoms with Crippen LogP contribution in [0.5, 0.6) is 5.75 Å². The number of ether oxygens (including phenoxy) is 1. The number of hydrogen-bond acceptors (Lipinski definition) is 6. The molecule has 0 saturated carbocycles. The summed E-state index contributed by atoms with van der Waals surface area (Å²) in [6.45, 7) is -0.592. The SMILES string of the molecule is CNC(=O)c1c(-c2ccc(F)cc2)oc2cc(N(CCO)S(C)(=O)=O)c(OC)cc12. The lowest BCUT2D eigenvalue weighted by molar-refractivity contribution is 0.0964. The van der Waals surface area contributed by atoms with Crippen molar-refractivity contribution < 1.29 is 31.9 Å². The van der Waals surface area contributed by atoms with E-state index in [4.69, 9.17) is 9.15 Å².